The Labute approximate surface area is 84.0 Å². The van der Waals surface area contributed by atoms with Gasteiger partial charge in [-0.15, -0.1) is 12.6 Å². The SMILES string of the molecule is CCSCCSC/C=C(/C)S. The van der Waals surface area contributed by atoms with Gasteiger partial charge in [0.25, 0.3) is 0 Å². The Balaban J connectivity index is 2.97. The van der Waals surface area contributed by atoms with Crippen molar-refractivity contribution < 1.29 is 0 Å². The molecule has 0 aromatic rings. The molecule has 0 rings (SSSR count). The minimum atomic E-state index is 1.11. The molecule has 0 aliphatic rings. The molecule has 0 saturated heterocycles. The zero-order valence-corrected chi connectivity index (χ0v) is 9.70. The second-order valence-electron chi connectivity index (χ2n) is 2.12. The average Bonchev–Trinajstić information content (AvgIpc) is 1.96. The number of thiol groups is 1. The van der Waals surface area contributed by atoms with Gasteiger partial charge in [0.15, 0.2) is 0 Å². The van der Waals surface area contributed by atoms with E-state index in [1.165, 1.54) is 17.3 Å². The first-order chi connectivity index (χ1) is 5.27. The Bertz CT molecular complexity index is 106. The van der Waals surface area contributed by atoms with Crippen molar-refractivity contribution in [3.05, 3.63) is 11.0 Å². The fourth-order valence-electron chi connectivity index (χ4n) is 0.525. The van der Waals surface area contributed by atoms with Gasteiger partial charge in [-0.2, -0.15) is 23.5 Å². The summed E-state index contributed by atoms with van der Waals surface area (Å²) in [5.41, 5.74) is 0. The highest BCUT2D eigenvalue weighted by molar-refractivity contribution is 8.03. The summed E-state index contributed by atoms with van der Waals surface area (Å²) in [5, 5.41) is 0. The summed E-state index contributed by atoms with van der Waals surface area (Å²) >= 11 is 8.17. The molecule has 0 bridgehead atoms. The van der Waals surface area contributed by atoms with Crippen molar-refractivity contribution in [1.29, 1.82) is 0 Å². The van der Waals surface area contributed by atoms with Gasteiger partial charge in [0.2, 0.25) is 0 Å². The predicted octanol–water partition coefficient (Wildman–Crippen LogP) is 3.31. The van der Waals surface area contributed by atoms with Gasteiger partial charge in [-0.05, 0) is 17.6 Å². The van der Waals surface area contributed by atoms with Crippen LogP contribution in [0, 0.1) is 0 Å². The first-order valence-corrected chi connectivity index (χ1v) is 6.54. The molecule has 0 aromatic carbocycles. The van der Waals surface area contributed by atoms with E-state index in [9.17, 15) is 0 Å². The molecule has 11 heavy (non-hydrogen) atoms. The van der Waals surface area contributed by atoms with Crippen molar-refractivity contribution in [3.8, 4) is 0 Å². The average molecular weight is 208 g/mol. The van der Waals surface area contributed by atoms with Crippen molar-refractivity contribution in [2.45, 2.75) is 13.8 Å². The van der Waals surface area contributed by atoms with Crippen LogP contribution in [0.5, 0.6) is 0 Å². The lowest BCUT2D eigenvalue weighted by molar-refractivity contribution is 1.47. The first kappa shape index (κ1) is 11.8. The molecule has 0 saturated carbocycles. The van der Waals surface area contributed by atoms with Crippen LogP contribution in [0.4, 0.5) is 0 Å². The zero-order chi connectivity index (χ0) is 8.53. The van der Waals surface area contributed by atoms with Crippen molar-refractivity contribution in [2.24, 2.45) is 0 Å². The largest absolute Gasteiger partial charge is 0.161 e. The number of hydrogen-bond donors (Lipinski definition) is 1. The van der Waals surface area contributed by atoms with Crippen molar-refractivity contribution in [3.63, 3.8) is 0 Å². The minimum Gasteiger partial charge on any atom is -0.161 e. The molecule has 3 heteroatoms. The monoisotopic (exact) mass is 208 g/mol. The maximum atomic E-state index is 4.18. The molecule has 0 unspecified atom stereocenters. The van der Waals surface area contributed by atoms with Crippen LogP contribution in [-0.2, 0) is 0 Å². The topological polar surface area (TPSA) is 0 Å². The van der Waals surface area contributed by atoms with Gasteiger partial charge in [0, 0.05) is 17.3 Å². The van der Waals surface area contributed by atoms with Gasteiger partial charge in [-0.3, -0.25) is 0 Å². The van der Waals surface area contributed by atoms with Gasteiger partial charge < -0.3 is 0 Å². The van der Waals surface area contributed by atoms with Crippen molar-refractivity contribution >= 4 is 36.2 Å². The molecule has 0 heterocycles. The van der Waals surface area contributed by atoms with E-state index in [0.29, 0.717) is 0 Å². The summed E-state index contributed by atoms with van der Waals surface area (Å²) in [6.07, 6.45) is 2.16. The van der Waals surface area contributed by atoms with Crippen LogP contribution in [0.3, 0.4) is 0 Å². The molecule has 66 valence electrons. The Kier molecular flexibility index (Phi) is 9.52. The second kappa shape index (κ2) is 8.88. The molecule has 0 fully saturated rings. The van der Waals surface area contributed by atoms with E-state index in [0.717, 1.165) is 10.7 Å². The quantitative estimate of drug-likeness (QED) is 0.525. The smallest absolute Gasteiger partial charge is 0.0124 e. The molecule has 0 spiro atoms. The lowest BCUT2D eigenvalue weighted by atomic mass is 10.6. The summed E-state index contributed by atoms with van der Waals surface area (Å²) in [4.78, 5) is 1.13. The fourth-order valence-corrected chi connectivity index (χ4v) is 2.51. The minimum absolute atomic E-state index is 1.11. The van der Waals surface area contributed by atoms with Crippen molar-refractivity contribution in [2.75, 3.05) is 23.0 Å². The van der Waals surface area contributed by atoms with Crippen molar-refractivity contribution in [1.82, 2.24) is 0 Å². The van der Waals surface area contributed by atoms with E-state index in [-0.39, 0.29) is 0 Å². The van der Waals surface area contributed by atoms with Crippen LogP contribution in [0.1, 0.15) is 13.8 Å². The third-order valence-corrected chi connectivity index (χ3v) is 3.31. The molecule has 0 amide bonds. The Morgan fingerprint density at radius 3 is 2.55 bits per heavy atom. The molecule has 0 aliphatic carbocycles. The van der Waals surface area contributed by atoms with Crippen LogP contribution in [-0.4, -0.2) is 23.0 Å². The van der Waals surface area contributed by atoms with E-state index in [1.54, 1.807) is 0 Å². The third-order valence-electron chi connectivity index (χ3n) is 1.07. The van der Waals surface area contributed by atoms with Gasteiger partial charge in [-0.25, -0.2) is 0 Å². The Morgan fingerprint density at radius 1 is 1.36 bits per heavy atom. The van der Waals surface area contributed by atoms with E-state index >= 15 is 0 Å². The molecule has 0 N–H and O–H groups in total. The highest BCUT2D eigenvalue weighted by atomic mass is 32.2. The van der Waals surface area contributed by atoms with Crippen LogP contribution < -0.4 is 0 Å². The normalized spacial score (nSPS) is 12.1. The predicted molar refractivity (Wildman–Crippen MR) is 63.1 cm³/mol. The van der Waals surface area contributed by atoms with E-state index in [2.05, 4.69) is 25.6 Å². The molecular weight excluding hydrogens is 192 g/mol. The standard InChI is InChI=1S/C8H16S3/c1-3-10-6-7-11-5-4-8(2)9/h4,9H,3,5-7H2,1-2H3/b8-4-. The van der Waals surface area contributed by atoms with Gasteiger partial charge >= 0.3 is 0 Å². The van der Waals surface area contributed by atoms with Crippen LogP contribution in [0.2, 0.25) is 0 Å². The number of rotatable bonds is 6. The lowest BCUT2D eigenvalue weighted by Crippen LogP contribution is -1.85. The number of allylic oxidation sites excluding steroid dienone is 1. The van der Waals surface area contributed by atoms with Crippen LogP contribution in [0.15, 0.2) is 11.0 Å². The van der Waals surface area contributed by atoms with Gasteiger partial charge in [-0.1, -0.05) is 13.0 Å². The summed E-state index contributed by atoms with van der Waals surface area (Å²) in [6, 6.07) is 0. The van der Waals surface area contributed by atoms with Crippen LogP contribution >= 0.6 is 36.2 Å². The van der Waals surface area contributed by atoms with E-state index < -0.39 is 0 Å². The van der Waals surface area contributed by atoms with Gasteiger partial charge in [0.1, 0.15) is 0 Å². The number of hydrogen-bond acceptors (Lipinski definition) is 3. The molecule has 0 atom stereocenters. The summed E-state index contributed by atoms with van der Waals surface area (Å²) < 4.78 is 0. The maximum Gasteiger partial charge on any atom is 0.0124 e. The number of thioether (sulfide) groups is 2. The first-order valence-electron chi connectivity index (χ1n) is 3.78. The second-order valence-corrected chi connectivity index (χ2v) is 5.37. The molecule has 0 aromatic heterocycles. The molecule has 0 nitrogen and oxygen atoms in total. The van der Waals surface area contributed by atoms with E-state index in [1.807, 2.05) is 30.4 Å². The fraction of sp³-hybridized carbons (Fsp3) is 0.750. The highest BCUT2D eigenvalue weighted by Gasteiger charge is 1.86. The summed E-state index contributed by atoms with van der Waals surface area (Å²) in [6.45, 7) is 4.22. The molecule has 0 radical (unpaired) electrons. The summed E-state index contributed by atoms with van der Waals surface area (Å²) in [5.74, 6) is 4.89. The highest BCUT2D eigenvalue weighted by Crippen LogP contribution is 2.08. The third kappa shape index (κ3) is 10.8. The zero-order valence-electron chi connectivity index (χ0n) is 7.17. The lowest BCUT2D eigenvalue weighted by Gasteiger charge is -1.96. The Hall–Kier alpha value is 0.790. The van der Waals surface area contributed by atoms with Gasteiger partial charge in [0.05, 0.1) is 0 Å². The van der Waals surface area contributed by atoms with E-state index in [4.69, 9.17) is 0 Å². The summed E-state index contributed by atoms with van der Waals surface area (Å²) in [7, 11) is 0. The maximum absolute atomic E-state index is 4.18. The Morgan fingerprint density at radius 2 is 2.00 bits per heavy atom. The molecule has 0 aliphatic heterocycles. The van der Waals surface area contributed by atoms with Crippen LogP contribution in [0.25, 0.3) is 0 Å². The molecular formula is C8H16S3.